The molecule has 0 saturated carbocycles. The van der Waals surface area contributed by atoms with Gasteiger partial charge in [0, 0.05) is 30.3 Å². The lowest BCUT2D eigenvalue weighted by atomic mass is 9.89. The second kappa shape index (κ2) is 10.6. The number of halogens is 7. The number of hydrogen-bond donors (Lipinski definition) is 1. The molecule has 1 atom stereocenters. The molecule has 10 heteroatoms. The van der Waals surface area contributed by atoms with Crippen molar-refractivity contribution in [2.45, 2.75) is 50.7 Å². The van der Waals surface area contributed by atoms with E-state index in [-0.39, 0.29) is 11.4 Å². The molecular weight excluding hydrogens is 503 g/mol. The van der Waals surface area contributed by atoms with Gasteiger partial charge in [0.1, 0.15) is 17.3 Å². The van der Waals surface area contributed by atoms with Crippen LogP contribution in [-0.4, -0.2) is 23.9 Å². The number of alkyl halides is 6. The molecule has 2 aromatic rings. The summed E-state index contributed by atoms with van der Waals surface area (Å²) in [4.78, 5) is 0.973. The summed E-state index contributed by atoms with van der Waals surface area (Å²) in [5, 5.41) is 9.70. The fourth-order valence-electron chi connectivity index (χ4n) is 4.27. The minimum atomic E-state index is -4.98. The monoisotopic (exact) mass is 527 g/mol. The molecule has 198 valence electrons. The van der Waals surface area contributed by atoms with Crippen molar-refractivity contribution in [1.29, 1.82) is 0 Å². The zero-order chi connectivity index (χ0) is 26.8. The van der Waals surface area contributed by atoms with E-state index in [9.17, 15) is 35.8 Å². The Morgan fingerprint density at radius 1 is 1.00 bits per heavy atom. The van der Waals surface area contributed by atoms with Gasteiger partial charge in [-0.05, 0) is 66.8 Å². The molecule has 0 saturated heterocycles. The molecule has 2 aliphatic carbocycles. The van der Waals surface area contributed by atoms with E-state index in [1.54, 1.807) is 6.07 Å². The van der Waals surface area contributed by atoms with Crippen LogP contribution in [0.25, 0.3) is 0 Å². The Morgan fingerprint density at radius 3 is 2.51 bits per heavy atom. The van der Waals surface area contributed by atoms with Gasteiger partial charge in [-0.15, -0.1) is 0 Å². The molecule has 1 N–H and O–H groups in total. The standard InChI is InChI=1S/C27H24F7NO2/c28-24-11-9-20(26(29,30)31)12-19(24)15-35(16-25(36)27(32,33)34)21-6-3-7-22(14-21)37-23-10-8-17-4-1-2-5-18(17)13-23/h3,5-9,11-14,25,36H,1-2,4,10,15-16H2. The Morgan fingerprint density at radius 2 is 1.78 bits per heavy atom. The van der Waals surface area contributed by atoms with Gasteiger partial charge >= 0.3 is 12.4 Å². The summed E-state index contributed by atoms with van der Waals surface area (Å²) in [5.74, 6) is -0.101. The van der Waals surface area contributed by atoms with E-state index in [0.717, 1.165) is 29.7 Å². The van der Waals surface area contributed by atoms with Gasteiger partial charge in [-0.3, -0.25) is 0 Å². The highest BCUT2D eigenvalue weighted by atomic mass is 19.4. The number of aliphatic hydroxyl groups is 1. The first kappa shape index (κ1) is 26.8. The summed E-state index contributed by atoms with van der Waals surface area (Å²) in [5.41, 5.74) is 0.821. The van der Waals surface area contributed by atoms with E-state index in [0.29, 0.717) is 30.4 Å². The molecule has 0 spiro atoms. The van der Waals surface area contributed by atoms with Crippen molar-refractivity contribution in [3.05, 3.63) is 94.5 Å². The average molecular weight is 527 g/mol. The molecule has 0 amide bonds. The molecule has 37 heavy (non-hydrogen) atoms. The van der Waals surface area contributed by atoms with Crippen LogP contribution in [0.2, 0.25) is 0 Å². The first-order valence-corrected chi connectivity index (χ1v) is 11.6. The van der Waals surface area contributed by atoms with Crippen molar-refractivity contribution in [2.75, 3.05) is 11.4 Å². The van der Waals surface area contributed by atoms with Gasteiger partial charge in [0.15, 0.2) is 6.10 Å². The lowest BCUT2D eigenvalue weighted by Crippen LogP contribution is -2.41. The molecule has 2 aromatic carbocycles. The van der Waals surface area contributed by atoms with Crippen molar-refractivity contribution < 1.29 is 40.6 Å². The molecule has 0 heterocycles. The van der Waals surface area contributed by atoms with Crippen LogP contribution in [0.4, 0.5) is 36.4 Å². The predicted octanol–water partition coefficient (Wildman–Crippen LogP) is 7.48. The highest BCUT2D eigenvalue weighted by Crippen LogP contribution is 2.34. The van der Waals surface area contributed by atoms with E-state index < -0.39 is 48.5 Å². The number of rotatable bonds is 7. The maximum Gasteiger partial charge on any atom is 0.416 e. The molecule has 0 aromatic heterocycles. The smallest absolute Gasteiger partial charge is 0.416 e. The van der Waals surface area contributed by atoms with Gasteiger partial charge in [0.25, 0.3) is 0 Å². The SMILES string of the molecule is OC(CN(Cc1cc(C(F)(F)F)ccc1F)c1cccc(OC2=CC3=CCCCC3=CC2)c1)C(F)(F)F. The van der Waals surface area contributed by atoms with Gasteiger partial charge in [0.2, 0.25) is 0 Å². The van der Waals surface area contributed by atoms with Gasteiger partial charge in [0.05, 0.1) is 12.1 Å². The number of anilines is 1. The molecule has 0 radical (unpaired) electrons. The molecule has 3 nitrogen and oxygen atoms in total. The number of aliphatic hydroxyl groups excluding tert-OH is 1. The summed E-state index contributed by atoms with van der Waals surface area (Å²) in [7, 11) is 0. The maximum atomic E-state index is 14.4. The lowest BCUT2D eigenvalue weighted by molar-refractivity contribution is -0.200. The van der Waals surface area contributed by atoms with Crippen molar-refractivity contribution in [2.24, 2.45) is 0 Å². The van der Waals surface area contributed by atoms with Crippen molar-refractivity contribution in [1.82, 2.24) is 0 Å². The average Bonchev–Trinajstić information content (AvgIpc) is 2.83. The van der Waals surface area contributed by atoms with Crippen LogP contribution >= 0.6 is 0 Å². The predicted molar refractivity (Wildman–Crippen MR) is 124 cm³/mol. The Labute approximate surface area is 209 Å². The highest BCUT2D eigenvalue weighted by Gasteiger charge is 2.39. The van der Waals surface area contributed by atoms with E-state index in [1.807, 2.05) is 6.08 Å². The number of hydrogen-bond acceptors (Lipinski definition) is 3. The number of ether oxygens (including phenoxy) is 1. The first-order valence-electron chi connectivity index (χ1n) is 11.6. The molecule has 4 rings (SSSR count). The third-order valence-corrected chi connectivity index (χ3v) is 6.19. The maximum absolute atomic E-state index is 14.4. The fourth-order valence-corrected chi connectivity index (χ4v) is 4.27. The van der Waals surface area contributed by atoms with Crippen LogP contribution in [0, 0.1) is 5.82 Å². The molecule has 2 aliphatic rings. The minimum Gasteiger partial charge on any atom is -0.461 e. The second-order valence-electron chi connectivity index (χ2n) is 8.94. The van der Waals surface area contributed by atoms with Crippen molar-refractivity contribution in [3.8, 4) is 5.75 Å². The zero-order valence-electron chi connectivity index (χ0n) is 19.5. The number of benzene rings is 2. The Hall–Kier alpha value is -3.27. The number of allylic oxidation sites excluding steroid dienone is 5. The summed E-state index contributed by atoms with van der Waals surface area (Å²) in [6.45, 7) is -1.67. The van der Waals surface area contributed by atoms with E-state index in [1.165, 1.54) is 23.8 Å². The number of fused-ring (bicyclic) bond motifs is 1. The third kappa shape index (κ3) is 6.74. The Bertz CT molecular complexity index is 1230. The first-order chi connectivity index (χ1) is 17.4. The largest absolute Gasteiger partial charge is 0.461 e. The molecule has 0 bridgehead atoms. The second-order valence-corrected chi connectivity index (χ2v) is 8.94. The number of nitrogens with zero attached hydrogens (tertiary/aromatic N) is 1. The normalized spacial score (nSPS) is 16.8. The van der Waals surface area contributed by atoms with Crippen LogP contribution < -0.4 is 9.64 Å². The van der Waals surface area contributed by atoms with Crippen LogP contribution in [0.5, 0.6) is 5.75 Å². The van der Waals surface area contributed by atoms with Gasteiger partial charge in [-0.25, -0.2) is 4.39 Å². The van der Waals surface area contributed by atoms with Crippen molar-refractivity contribution >= 4 is 5.69 Å². The Balaban J connectivity index is 1.61. The lowest BCUT2D eigenvalue weighted by Gasteiger charge is -2.29. The fraction of sp³-hybridized carbons (Fsp3) is 0.333. The van der Waals surface area contributed by atoms with Gasteiger partial charge < -0.3 is 14.7 Å². The van der Waals surface area contributed by atoms with Crippen LogP contribution in [-0.2, 0) is 12.7 Å². The summed E-state index contributed by atoms with van der Waals surface area (Å²) >= 11 is 0. The van der Waals surface area contributed by atoms with Crippen LogP contribution in [0.3, 0.4) is 0 Å². The zero-order valence-corrected chi connectivity index (χ0v) is 19.5. The molecular formula is C27H24F7NO2. The highest BCUT2D eigenvalue weighted by molar-refractivity contribution is 5.53. The van der Waals surface area contributed by atoms with E-state index in [4.69, 9.17) is 4.74 Å². The summed E-state index contributed by atoms with van der Waals surface area (Å²) in [6.07, 6.45) is -2.94. The topological polar surface area (TPSA) is 32.7 Å². The minimum absolute atomic E-state index is 0.113. The quantitative estimate of drug-likeness (QED) is 0.379. The molecule has 0 aliphatic heterocycles. The third-order valence-electron chi connectivity index (χ3n) is 6.19. The molecule has 1 unspecified atom stereocenters. The van der Waals surface area contributed by atoms with Crippen LogP contribution in [0.1, 0.15) is 36.8 Å². The van der Waals surface area contributed by atoms with Crippen molar-refractivity contribution in [3.63, 3.8) is 0 Å². The molecule has 0 fully saturated rings. The summed E-state index contributed by atoms with van der Waals surface area (Å²) < 4.78 is 99.2. The van der Waals surface area contributed by atoms with Gasteiger partial charge in [-0.1, -0.05) is 18.2 Å². The van der Waals surface area contributed by atoms with Gasteiger partial charge in [-0.2, -0.15) is 26.3 Å². The van der Waals surface area contributed by atoms with Crippen LogP contribution in [0.15, 0.2) is 77.6 Å². The van der Waals surface area contributed by atoms with E-state index >= 15 is 0 Å². The summed E-state index contributed by atoms with van der Waals surface area (Å²) in [6, 6.07) is 7.64. The van der Waals surface area contributed by atoms with E-state index in [2.05, 4.69) is 12.2 Å². The Kier molecular flexibility index (Phi) is 7.68.